The van der Waals surface area contributed by atoms with E-state index in [1.807, 2.05) is 0 Å². The molecule has 0 fully saturated rings. The van der Waals surface area contributed by atoms with Crippen LogP contribution in [0.2, 0.25) is 0 Å². The molecule has 0 radical (unpaired) electrons. The Bertz CT molecular complexity index is 192. The third-order valence-electron chi connectivity index (χ3n) is 1.04. The maximum absolute atomic E-state index is 12.0. The molecular weight excluding hydrogens is 241 g/mol. The van der Waals surface area contributed by atoms with Crippen LogP contribution in [0.5, 0.6) is 0 Å². The Morgan fingerprint density at radius 1 is 1.07 bits per heavy atom. The summed E-state index contributed by atoms with van der Waals surface area (Å²) in [4.78, 5) is 6.31. The Kier molecular flexibility index (Phi) is 4.74. The Hall–Kier alpha value is -0.610. The van der Waals surface area contributed by atoms with Crippen molar-refractivity contribution in [1.29, 1.82) is 0 Å². The smallest absolute Gasteiger partial charge is 0.361 e. The van der Waals surface area contributed by atoms with E-state index < -0.39 is 31.4 Å². The van der Waals surface area contributed by atoms with Crippen LogP contribution in [0.25, 0.3) is 0 Å². The summed E-state index contributed by atoms with van der Waals surface area (Å²) in [6.07, 6.45) is -12.2. The van der Waals surface area contributed by atoms with Crippen LogP contribution in [0, 0.1) is 0 Å². The highest BCUT2D eigenvalue weighted by Crippen LogP contribution is 2.35. The zero-order valence-corrected chi connectivity index (χ0v) is 6.77. The standard InChI is InChI=1S/C5H5F7O3/c6-2(7)3(13)15-14-1-4(8,9)5(10,11)12/h2-3,13H,1H2. The molecular formula is C5H5F7O3. The maximum Gasteiger partial charge on any atom is 0.455 e. The van der Waals surface area contributed by atoms with E-state index in [9.17, 15) is 30.7 Å². The summed E-state index contributed by atoms with van der Waals surface area (Å²) in [6.45, 7) is -2.32. The van der Waals surface area contributed by atoms with E-state index in [1.165, 1.54) is 0 Å². The van der Waals surface area contributed by atoms with Crippen molar-refractivity contribution in [3.05, 3.63) is 0 Å². The van der Waals surface area contributed by atoms with Gasteiger partial charge in [-0.25, -0.2) is 13.7 Å². The van der Waals surface area contributed by atoms with Crippen molar-refractivity contribution >= 4 is 0 Å². The lowest BCUT2D eigenvalue weighted by Crippen LogP contribution is -2.41. The predicted molar refractivity (Wildman–Crippen MR) is 30.0 cm³/mol. The summed E-state index contributed by atoms with van der Waals surface area (Å²) in [6, 6.07) is 0. The molecule has 1 unspecified atom stereocenters. The molecule has 3 nitrogen and oxygen atoms in total. The maximum atomic E-state index is 12.0. The third-order valence-corrected chi connectivity index (χ3v) is 1.04. The van der Waals surface area contributed by atoms with Crippen LogP contribution in [0.4, 0.5) is 30.7 Å². The van der Waals surface area contributed by atoms with Crippen molar-refractivity contribution in [2.24, 2.45) is 0 Å². The molecule has 0 spiro atoms. The van der Waals surface area contributed by atoms with Crippen LogP contribution < -0.4 is 0 Å². The van der Waals surface area contributed by atoms with Crippen molar-refractivity contribution in [2.45, 2.75) is 24.8 Å². The topological polar surface area (TPSA) is 38.7 Å². The fourth-order valence-corrected chi connectivity index (χ4v) is 0.302. The van der Waals surface area contributed by atoms with E-state index in [-0.39, 0.29) is 0 Å². The quantitative estimate of drug-likeness (QED) is 0.347. The SMILES string of the molecule is OC(OOCC(F)(F)C(F)(F)F)C(F)F. The summed E-state index contributed by atoms with van der Waals surface area (Å²) < 4.78 is 81.1. The largest absolute Gasteiger partial charge is 0.455 e. The van der Waals surface area contributed by atoms with Crippen LogP contribution in [-0.4, -0.2) is 36.5 Å². The van der Waals surface area contributed by atoms with Crippen molar-refractivity contribution in [3.8, 4) is 0 Å². The summed E-state index contributed by atoms with van der Waals surface area (Å²) in [5.41, 5.74) is 0. The average molecular weight is 246 g/mol. The Morgan fingerprint density at radius 3 is 1.87 bits per heavy atom. The van der Waals surface area contributed by atoms with E-state index in [2.05, 4.69) is 9.78 Å². The van der Waals surface area contributed by atoms with E-state index in [0.717, 1.165) is 0 Å². The van der Waals surface area contributed by atoms with Crippen molar-refractivity contribution in [2.75, 3.05) is 6.61 Å². The molecule has 0 aliphatic rings. The summed E-state index contributed by atoms with van der Waals surface area (Å²) in [7, 11) is 0. The van der Waals surface area contributed by atoms with Crippen molar-refractivity contribution in [1.82, 2.24) is 0 Å². The van der Waals surface area contributed by atoms with Gasteiger partial charge in [0.1, 0.15) is 0 Å². The number of hydrogen-bond donors (Lipinski definition) is 1. The molecule has 0 aromatic carbocycles. The van der Waals surface area contributed by atoms with Gasteiger partial charge in [0.25, 0.3) is 6.43 Å². The second kappa shape index (κ2) is 4.94. The Morgan fingerprint density at radius 2 is 1.53 bits per heavy atom. The van der Waals surface area contributed by atoms with Crippen LogP contribution in [-0.2, 0) is 9.78 Å². The minimum Gasteiger partial charge on any atom is -0.361 e. The zero-order valence-electron chi connectivity index (χ0n) is 6.77. The molecule has 0 saturated heterocycles. The molecule has 1 atom stereocenters. The molecule has 0 rings (SSSR count). The summed E-state index contributed by atoms with van der Waals surface area (Å²) in [5, 5.41) is 8.10. The first-order chi connectivity index (χ1) is 6.58. The third kappa shape index (κ3) is 4.62. The molecule has 1 N–H and O–H groups in total. The lowest BCUT2D eigenvalue weighted by Gasteiger charge is -2.19. The summed E-state index contributed by atoms with van der Waals surface area (Å²) in [5.74, 6) is -5.24. The number of hydrogen-bond acceptors (Lipinski definition) is 3. The van der Waals surface area contributed by atoms with E-state index in [1.54, 1.807) is 0 Å². The molecule has 0 bridgehead atoms. The highest BCUT2D eigenvalue weighted by Gasteiger charge is 2.58. The first-order valence-corrected chi connectivity index (χ1v) is 3.27. The van der Waals surface area contributed by atoms with Gasteiger partial charge in [0.2, 0.25) is 6.29 Å². The molecule has 0 aliphatic heterocycles. The van der Waals surface area contributed by atoms with E-state index in [4.69, 9.17) is 5.11 Å². The van der Waals surface area contributed by atoms with Crippen LogP contribution in [0.15, 0.2) is 0 Å². The van der Waals surface area contributed by atoms with Crippen LogP contribution >= 0.6 is 0 Å². The second-order valence-corrected chi connectivity index (χ2v) is 2.29. The number of alkyl halides is 7. The zero-order chi connectivity index (χ0) is 12.3. The highest BCUT2D eigenvalue weighted by atomic mass is 19.4. The molecule has 0 aliphatic carbocycles. The monoisotopic (exact) mass is 246 g/mol. The molecule has 0 saturated carbocycles. The van der Waals surface area contributed by atoms with Gasteiger partial charge in [-0.1, -0.05) is 0 Å². The van der Waals surface area contributed by atoms with Gasteiger partial charge in [0.15, 0.2) is 6.61 Å². The lowest BCUT2D eigenvalue weighted by atomic mass is 10.3. The fourth-order valence-electron chi connectivity index (χ4n) is 0.302. The predicted octanol–water partition coefficient (Wildman–Crippen LogP) is 1.72. The van der Waals surface area contributed by atoms with Crippen molar-refractivity contribution in [3.63, 3.8) is 0 Å². The van der Waals surface area contributed by atoms with E-state index in [0.29, 0.717) is 0 Å². The number of rotatable bonds is 5. The van der Waals surface area contributed by atoms with Gasteiger partial charge in [0, 0.05) is 0 Å². The number of aliphatic hydroxyl groups excluding tert-OH is 1. The van der Waals surface area contributed by atoms with Gasteiger partial charge in [0.05, 0.1) is 0 Å². The van der Waals surface area contributed by atoms with Gasteiger partial charge in [-0.2, -0.15) is 26.8 Å². The van der Waals surface area contributed by atoms with Crippen LogP contribution in [0.1, 0.15) is 0 Å². The Labute approximate surface area is 78.3 Å². The minimum atomic E-state index is -5.88. The number of aliphatic hydroxyl groups is 1. The van der Waals surface area contributed by atoms with Gasteiger partial charge >= 0.3 is 12.1 Å². The molecule has 10 heteroatoms. The molecule has 92 valence electrons. The molecule has 15 heavy (non-hydrogen) atoms. The molecule has 0 aromatic rings. The highest BCUT2D eigenvalue weighted by molar-refractivity contribution is 4.74. The van der Waals surface area contributed by atoms with E-state index >= 15 is 0 Å². The normalized spacial score (nSPS) is 15.8. The summed E-state index contributed by atoms with van der Waals surface area (Å²) >= 11 is 0. The molecule has 0 amide bonds. The van der Waals surface area contributed by atoms with Crippen LogP contribution in [0.3, 0.4) is 0 Å². The van der Waals surface area contributed by atoms with Gasteiger partial charge < -0.3 is 5.11 Å². The average Bonchev–Trinajstić information content (AvgIpc) is 2.01. The second-order valence-electron chi connectivity index (χ2n) is 2.29. The van der Waals surface area contributed by atoms with Crippen molar-refractivity contribution < 1.29 is 45.6 Å². The Balaban J connectivity index is 3.96. The molecule has 0 heterocycles. The first kappa shape index (κ1) is 14.4. The van der Waals surface area contributed by atoms with Gasteiger partial charge in [-0.15, -0.1) is 0 Å². The van der Waals surface area contributed by atoms with Gasteiger partial charge in [-0.05, 0) is 0 Å². The molecule has 0 aromatic heterocycles. The van der Waals surface area contributed by atoms with Gasteiger partial charge in [-0.3, -0.25) is 0 Å². The first-order valence-electron chi connectivity index (χ1n) is 3.27. The fraction of sp³-hybridized carbons (Fsp3) is 1.00. The number of halogens is 7. The minimum absolute atomic E-state index is 2.32. The lowest BCUT2D eigenvalue weighted by molar-refractivity contribution is -0.421.